The fraction of sp³-hybridized carbons (Fsp3) is 0.500. The van der Waals surface area contributed by atoms with Crippen molar-refractivity contribution >= 4 is 168 Å². The highest BCUT2D eigenvalue weighted by Crippen LogP contribution is 2.51. The van der Waals surface area contributed by atoms with Crippen molar-refractivity contribution < 1.29 is 19.2 Å². The molecule has 120 heavy (non-hydrogen) atoms. The van der Waals surface area contributed by atoms with E-state index in [1.807, 2.05) is 78.6 Å². The van der Waals surface area contributed by atoms with Gasteiger partial charge in [-0.2, -0.15) is 0 Å². The van der Waals surface area contributed by atoms with Crippen molar-refractivity contribution in [3.63, 3.8) is 0 Å². The zero-order valence-corrected chi connectivity index (χ0v) is 79.4. The number of carbonyl (C=O) groups excluding carboxylic acids is 4. The van der Waals surface area contributed by atoms with Gasteiger partial charge in [-0.1, -0.05) is 320 Å². The number of thiophene rings is 5. The molecule has 0 bridgehead atoms. The van der Waals surface area contributed by atoms with Crippen LogP contribution in [0.2, 0.25) is 0 Å². The van der Waals surface area contributed by atoms with E-state index in [0.29, 0.717) is 69.6 Å². The Bertz CT molecular complexity index is 4870. The number of benzene rings is 2. The number of anilines is 4. The molecule has 4 amide bonds. The van der Waals surface area contributed by atoms with Gasteiger partial charge < -0.3 is 20.4 Å². The standard InChI is InChI=1S/C104H136N4O4S8/c1-6-10-14-18-22-26-28-33-39-45-52-77(51-43-37-31-24-20-16-12-8-3)73-107-85-71-79(83(105-75-109)69-81(85)100(103(107)111)97-65-63-95(119-97)93-61-59-91(117-93)89-57-49-67-115-89)76(5)87(113)55-47-41-35-30-36-42-48-56-88(114)99-80-72-86-82(70-84(80)106-102(99)110)101(98-66-64-96(120-98)94-62-60-92(118-94)90-58-50-68-116-90)104(112)108(86)74-78(53-44-38-32-25-21-17-13-9-4)54-46-40-34-29-27-23-19-15-11-7-2/h30,35-36,41-42,47,49-50,55-58,60-72,75,77-78,91,113-114H,6-29,31-34,37-40,43-46,48,51-54,59,73-74H2,1-5H3,(H,105,109)(H,106,110)/b35-30+,42-36+,47-41+,79-76+,87-55-,88-56-. The summed E-state index contributed by atoms with van der Waals surface area (Å²) >= 11 is 20.9. The molecule has 2 N–H and O–H groups in total. The third-order valence-corrected chi connectivity index (χ3v) is 32.7. The highest BCUT2D eigenvalue weighted by atomic mass is 32.2. The van der Waals surface area contributed by atoms with Crippen LogP contribution in [0.1, 0.15) is 329 Å². The summed E-state index contributed by atoms with van der Waals surface area (Å²) in [7, 11) is 0. The summed E-state index contributed by atoms with van der Waals surface area (Å²) in [5.41, 5.74) is 5.95. The number of thiol groups is 2. The molecule has 644 valence electrons. The van der Waals surface area contributed by atoms with Crippen LogP contribution in [0.15, 0.2) is 160 Å². The van der Waals surface area contributed by atoms with E-state index in [4.69, 9.17) is 25.3 Å². The molecule has 7 aromatic rings. The average Bonchev–Trinajstić information content (AvgIpc) is 1.59. The maximum Gasteiger partial charge on any atom is 0.260 e. The van der Waals surface area contributed by atoms with Gasteiger partial charge in [0, 0.05) is 104 Å². The van der Waals surface area contributed by atoms with Crippen LogP contribution >= 0.6 is 93.7 Å². The van der Waals surface area contributed by atoms with Crippen LogP contribution < -0.4 is 41.3 Å². The van der Waals surface area contributed by atoms with Crippen molar-refractivity contribution in [2.45, 2.75) is 310 Å². The molecule has 0 aliphatic carbocycles. The predicted molar refractivity (Wildman–Crippen MR) is 535 cm³/mol. The largest absolute Gasteiger partial charge is 0.328 e. The van der Waals surface area contributed by atoms with Crippen molar-refractivity contribution in [3.05, 3.63) is 201 Å². The molecule has 5 aromatic heterocycles. The molecule has 0 saturated heterocycles. The second kappa shape index (κ2) is 51.9. The molecule has 2 aromatic carbocycles. The minimum Gasteiger partial charge on any atom is -0.328 e. The second-order valence-electron chi connectivity index (χ2n) is 33.8. The molecule has 3 unspecified atom stereocenters. The second-order valence-corrected chi connectivity index (χ2v) is 41.2. The fourth-order valence-electron chi connectivity index (χ4n) is 17.6. The van der Waals surface area contributed by atoms with E-state index in [1.165, 1.54) is 260 Å². The first-order valence-electron chi connectivity index (χ1n) is 46.4. The smallest absolute Gasteiger partial charge is 0.260 e. The number of amides is 4. The molecular formula is C104H136N4O4S8. The first-order valence-corrected chi connectivity index (χ1v) is 52.4. The highest BCUT2D eigenvalue weighted by Gasteiger charge is 2.37. The lowest BCUT2D eigenvalue weighted by atomic mass is 9.93. The molecule has 8 nitrogen and oxygen atoms in total. The average molecular weight is 1760 g/mol. The number of hydrogen-bond acceptors (Lipinski definition) is 12. The van der Waals surface area contributed by atoms with E-state index in [0.717, 1.165) is 95.9 Å². The number of carbonyl (C=O) groups is 4. The topological polar surface area (TPSA) is 98.8 Å². The van der Waals surface area contributed by atoms with Crippen LogP contribution in [0.5, 0.6) is 0 Å². The summed E-state index contributed by atoms with van der Waals surface area (Å²) in [5.74, 6) is 0.618. The molecular weight excluding hydrogens is 1630 g/mol. The lowest BCUT2D eigenvalue weighted by molar-refractivity contribution is -0.114. The van der Waals surface area contributed by atoms with Gasteiger partial charge in [-0.05, 0) is 152 Å². The summed E-state index contributed by atoms with van der Waals surface area (Å²) in [6, 6.07) is 30.1. The lowest BCUT2D eigenvalue weighted by Crippen LogP contribution is -2.34. The van der Waals surface area contributed by atoms with Gasteiger partial charge in [0.2, 0.25) is 6.41 Å². The number of thioether (sulfide) groups is 1. The zero-order chi connectivity index (χ0) is 84.1. The van der Waals surface area contributed by atoms with Crippen LogP contribution in [-0.2, 0) is 19.2 Å². The minimum absolute atomic E-state index is 0.0406. The van der Waals surface area contributed by atoms with E-state index in [-0.39, 0.29) is 17.7 Å². The number of fused-ring (bicyclic) bond motifs is 3. The van der Waals surface area contributed by atoms with E-state index in [1.54, 1.807) is 45.3 Å². The first-order chi connectivity index (χ1) is 58.9. The van der Waals surface area contributed by atoms with Crippen LogP contribution in [0.3, 0.4) is 0 Å². The summed E-state index contributed by atoms with van der Waals surface area (Å²) < 4.78 is 0. The minimum atomic E-state index is -0.193. The van der Waals surface area contributed by atoms with Crippen LogP contribution in [0.4, 0.5) is 22.7 Å². The van der Waals surface area contributed by atoms with Crippen molar-refractivity contribution in [1.29, 1.82) is 0 Å². The molecule has 11 rings (SSSR count). The lowest BCUT2D eigenvalue weighted by Gasteiger charge is -2.26. The molecule has 0 fully saturated rings. The third kappa shape index (κ3) is 27.6. The normalized spacial score (nSPS) is 15.8. The summed E-state index contributed by atoms with van der Waals surface area (Å²) in [4.78, 5) is 74.1. The summed E-state index contributed by atoms with van der Waals surface area (Å²) in [6.07, 6.45) is 71.4. The molecule has 0 saturated carbocycles. The van der Waals surface area contributed by atoms with Gasteiger partial charge >= 0.3 is 0 Å². The molecule has 3 atom stereocenters. The Balaban J connectivity index is 0.817. The number of rotatable bonds is 59. The van der Waals surface area contributed by atoms with E-state index in [9.17, 15) is 9.59 Å². The molecule has 9 heterocycles. The molecule has 0 spiro atoms. The Morgan fingerprint density at radius 1 is 0.492 bits per heavy atom. The fourth-order valence-corrected chi connectivity index (χ4v) is 24.5. The van der Waals surface area contributed by atoms with Gasteiger partial charge in [0.25, 0.3) is 17.7 Å². The monoisotopic (exact) mass is 1760 g/mol. The summed E-state index contributed by atoms with van der Waals surface area (Å²) in [5, 5.41) is 14.3. The van der Waals surface area contributed by atoms with Crippen molar-refractivity contribution in [3.8, 4) is 19.5 Å². The van der Waals surface area contributed by atoms with Crippen LogP contribution in [0.25, 0.3) is 46.7 Å². The SMILES string of the molecule is CCCCCCCCCCCCC(CCCCCCCCCC)CN1C(=O)C(c2ccc(C3=CCC(c4cccs4)S3)s2)=c2cc(NC=O)/c(=C(C)/C(S)=C/C=C/C=C/C=C/C/C=C(\S)C3=c4cc5c(cc4NC3=O)=C(c3ccc(-c4ccc(-c6cccs6)s4)s3)C(=O)N5CC(CCCCCCCCCC)CCCCCCCCCCCC)cc21. The van der Waals surface area contributed by atoms with Gasteiger partial charge in [0.05, 0.1) is 28.1 Å². The first kappa shape index (κ1) is 94.5. The van der Waals surface area contributed by atoms with E-state index in [2.05, 4.69) is 150 Å². The van der Waals surface area contributed by atoms with Crippen LogP contribution in [0, 0.1) is 11.8 Å². The number of hydrogen-bond donors (Lipinski definition) is 4. The Labute approximate surface area is 755 Å². The van der Waals surface area contributed by atoms with Gasteiger partial charge in [-0.25, -0.2) is 0 Å². The third-order valence-electron chi connectivity index (χ3n) is 24.5. The van der Waals surface area contributed by atoms with Crippen molar-refractivity contribution in [1.82, 2.24) is 0 Å². The summed E-state index contributed by atoms with van der Waals surface area (Å²) in [6.45, 7) is 12.5. The van der Waals surface area contributed by atoms with Gasteiger partial charge in [0.15, 0.2) is 0 Å². The molecule has 16 heteroatoms. The van der Waals surface area contributed by atoms with Gasteiger partial charge in [0.1, 0.15) is 0 Å². The number of unbranched alkanes of at least 4 members (excludes halogenated alkanes) is 32. The Hall–Kier alpha value is -6.21. The molecule has 4 aliphatic rings. The maximum atomic E-state index is 15.6. The van der Waals surface area contributed by atoms with Crippen LogP contribution in [-0.4, -0.2) is 37.2 Å². The van der Waals surface area contributed by atoms with E-state index < -0.39 is 0 Å². The maximum absolute atomic E-state index is 15.6. The van der Waals surface area contributed by atoms with E-state index >= 15 is 9.59 Å². The number of allylic oxidation sites excluding steroid dienone is 10. The zero-order valence-electron chi connectivity index (χ0n) is 72.7. The van der Waals surface area contributed by atoms with Gasteiger partial charge in [-0.3, -0.25) is 19.2 Å². The quantitative estimate of drug-likeness (QED) is 0.0132. The number of nitrogens with one attached hydrogen (secondary N) is 2. The molecule has 4 aliphatic heterocycles. The Morgan fingerprint density at radius 3 is 1.43 bits per heavy atom. The highest BCUT2D eigenvalue weighted by molar-refractivity contribution is 8.09. The predicted octanol–water partition coefficient (Wildman–Crippen LogP) is 29.8. The van der Waals surface area contributed by atoms with Crippen molar-refractivity contribution in [2.24, 2.45) is 11.8 Å². The Kier molecular flexibility index (Phi) is 40.9. The Morgan fingerprint density at radius 2 is 0.933 bits per heavy atom. The van der Waals surface area contributed by atoms with Crippen molar-refractivity contribution in [2.75, 3.05) is 33.5 Å². The molecule has 0 radical (unpaired) electrons. The number of nitrogens with zero attached hydrogens (tertiary/aromatic N) is 2. The van der Waals surface area contributed by atoms with Gasteiger partial charge in [-0.15, -0.1) is 93.7 Å².